The molecule has 1 saturated carbocycles. The number of amides is 1. The van der Waals surface area contributed by atoms with Crippen LogP contribution < -0.4 is 4.90 Å². The molecule has 0 spiro atoms. The first kappa shape index (κ1) is 15.6. The first-order valence-corrected chi connectivity index (χ1v) is 8.41. The van der Waals surface area contributed by atoms with Crippen LogP contribution in [0.4, 0.5) is 5.69 Å². The van der Waals surface area contributed by atoms with Crippen LogP contribution in [-0.4, -0.2) is 25.9 Å². The number of fused-ring (bicyclic) bond motifs is 1. The van der Waals surface area contributed by atoms with Crippen molar-refractivity contribution in [3.63, 3.8) is 0 Å². The Morgan fingerprint density at radius 3 is 3.00 bits per heavy atom. The summed E-state index contributed by atoms with van der Waals surface area (Å²) in [4.78, 5) is 20.1. The van der Waals surface area contributed by atoms with Crippen LogP contribution >= 0.6 is 0 Å². The lowest BCUT2D eigenvalue weighted by atomic mass is 10.2. The molecule has 7 heteroatoms. The number of nitrogens with zero attached hydrogens (tertiary/aromatic N) is 5. The van der Waals surface area contributed by atoms with E-state index < -0.39 is 0 Å². The zero-order chi connectivity index (χ0) is 17.4. The number of hydrogen-bond acceptors (Lipinski definition) is 5. The molecule has 0 bridgehead atoms. The molecule has 3 aromatic rings. The molecule has 0 aliphatic heterocycles. The molecule has 2 aromatic heterocycles. The Morgan fingerprint density at radius 2 is 2.32 bits per heavy atom. The van der Waals surface area contributed by atoms with Crippen LogP contribution in [0.15, 0.2) is 41.5 Å². The van der Waals surface area contributed by atoms with Gasteiger partial charge in [-0.2, -0.15) is 15.0 Å². The van der Waals surface area contributed by atoms with Gasteiger partial charge in [-0.15, -0.1) is 0 Å². The molecule has 0 atom stereocenters. The average Bonchev–Trinajstić information content (AvgIpc) is 3.24. The number of rotatable bonds is 6. The number of aromatic nitrogens is 4. The third-order valence-corrected chi connectivity index (χ3v) is 4.25. The Kier molecular flexibility index (Phi) is 3.83. The lowest BCUT2D eigenvalue weighted by molar-refractivity contribution is -0.114. The quantitative estimate of drug-likeness (QED) is 0.646. The van der Waals surface area contributed by atoms with Gasteiger partial charge in [0, 0.05) is 11.6 Å². The van der Waals surface area contributed by atoms with Gasteiger partial charge in [-0.25, -0.2) is 4.98 Å². The summed E-state index contributed by atoms with van der Waals surface area (Å²) in [6.07, 6.45) is 5.24. The van der Waals surface area contributed by atoms with E-state index in [1.54, 1.807) is 15.9 Å². The van der Waals surface area contributed by atoms with Gasteiger partial charge < -0.3 is 9.32 Å². The average molecular weight is 337 g/mol. The maximum atomic E-state index is 12.4. The van der Waals surface area contributed by atoms with Crippen molar-refractivity contribution in [1.29, 1.82) is 0 Å². The molecule has 128 valence electrons. The predicted octanol–water partition coefficient (Wildman–Crippen LogP) is 3.04. The van der Waals surface area contributed by atoms with E-state index >= 15 is 0 Å². The molecule has 0 saturated heterocycles. The van der Waals surface area contributed by atoms with Gasteiger partial charge in [-0.05, 0) is 44.0 Å². The van der Waals surface area contributed by atoms with Crippen LogP contribution in [0.1, 0.15) is 37.3 Å². The second-order valence-electron chi connectivity index (χ2n) is 6.13. The van der Waals surface area contributed by atoms with Gasteiger partial charge in [0.2, 0.25) is 0 Å². The van der Waals surface area contributed by atoms with Crippen molar-refractivity contribution in [2.24, 2.45) is 0 Å². The van der Waals surface area contributed by atoms with Crippen molar-refractivity contribution >= 4 is 22.7 Å². The van der Waals surface area contributed by atoms with E-state index in [1.807, 2.05) is 25.1 Å². The molecule has 1 fully saturated rings. The SMILES string of the molecule is C=CC(=O)N(Cc1cnn(CC)n1)c1ccc2oc(C3CC3)nc2c1. The van der Waals surface area contributed by atoms with E-state index in [0.29, 0.717) is 19.0 Å². The Bertz CT molecular complexity index is 938. The van der Waals surface area contributed by atoms with E-state index in [4.69, 9.17) is 4.42 Å². The summed E-state index contributed by atoms with van der Waals surface area (Å²) in [6.45, 7) is 6.57. The lowest BCUT2D eigenvalue weighted by Gasteiger charge is -2.20. The first-order valence-electron chi connectivity index (χ1n) is 8.41. The maximum absolute atomic E-state index is 12.4. The van der Waals surface area contributed by atoms with Crippen molar-refractivity contribution in [3.8, 4) is 0 Å². The third kappa shape index (κ3) is 3.05. The normalized spacial score (nSPS) is 14.0. The van der Waals surface area contributed by atoms with Gasteiger partial charge in [0.1, 0.15) is 11.2 Å². The fourth-order valence-electron chi connectivity index (χ4n) is 2.73. The van der Waals surface area contributed by atoms with Gasteiger partial charge in [-0.3, -0.25) is 4.79 Å². The summed E-state index contributed by atoms with van der Waals surface area (Å²) >= 11 is 0. The summed E-state index contributed by atoms with van der Waals surface area (Å²) in [5, 5.41) is 8.51. The number of carbonyl (C=O) groups excluding carboxylic acids is 1. The second-order valence-corrected chi connectivity index (χ2v) is 6.13. The lowest BCUT2D eigenvalue weighted by Crippen LogP contribution is -2.28. The molecule has 25 heavy (non-hydrogen) atoms. The third-order valence-electron chi connectivity index (χ3n) is 4.25. The minimum absolute atomic E-state index is 0.198. The van der Waals surface area contributed by atoms with Crippen molar-refractivity contribution < 1.29 is 9.21 Å². The molecule has 4 rings (SSSR count). The minimum atomic E-state index is -0.198. The van der Waals surface area contributed by atoms with Crippen LogP contribution in [0.2, 0.25) is 0 Å². The molecular weight excluding hydrogens is 318 g/mol. The molecule has 1 aliphatic carbocycles. The summed E-state index contributed by atoms with van der Waals surface area (Å²) < 4.78 is 5.79. The van der Waals surface area contributed by atoms with Crippen molar-refractivity contribution in [2.45, 2.75) is 38.8 Å². The highest BCUT2D eigenvalue weighted by atomic mass is 16.3. The minimum Gasteiger partial charge on any atom is -0.440 e. The number of anilines is 1. The van der Waals surface area contributed by atoms with Crippen LogP contribution in [0.3, 0.4) is 0 Å². The first-order chi connectivity index (χ1) is 12.2. The van der Waals surface area contributed by atoms with Crippen LogP contribution in [0, 0.1) is 0 Å². The van der Waals surface area contributed by atoms with E-state index in [2.05, 4.69) is 21.8 Å². The number of aryl methyl sites for hydroxylation is 1. The largest absolute Gasteiger partial charge is 0.440 e. The Morgan fingerprint density at radius 1 is 1.48 bits per heavy atom. The monoisotopic (exact) mass is 337 g/mol. The summed E-state index contributed by atoms with van der Waals surface area (Å²) in [6, 6.07) is 5.59. The highest BCUT2D eigenvalue weighted by molar-refractivity contribution is 6.01. The molecule has 0 N–H and O–H groups in total. The standard InChI is InChI=1S/C18H19N5O2/c1-3-17(24)22(11-13-10-19-23(4-2)21-13)14-7-8-16-15(9-14)20-18(25-16)12-5-6-12/h3,7-10,12H,1,4-6,11H2,2H3. The van der Waals surface area contributed by atoms with Crippen LogP contribution in [0.5, 0.6) is 0 Å². The number of carbonyl (C=O) groups is 1. The number of benzene rings is 1. The fourth-order valence-corrected chi connectivity index (χ4v) is 2.73. The smallest absolute Gasteiger partial charge is 0.250 e. The Hall–Kier alpha value is -2.96. The topological polar surface area (TPSA) is 77.0 Å². The number of oxazole rings is 1. The van der Waals surface area contributed by atoms with Crippen LogP contribution in [0.25, 0.3) is 11.1 Å². The van der Waals surface area contributed by atoms with Crippen molar-refractivity contribution in [1.82, 2.24) is 20.0 Å². The molecule has 1 aliphatic rings. The molecule has 0 radical (unpaired) electrons. The van der Waals surface area contributed by atoms with Gasteiger partial charge in [0.25, 0.3) is 5.91 Å². The van der Waals surface area contributed by atoms with Crippen LogP contribution in [-0.2, 0) is 17.9 Å². The zero-order valence-corrected chi connectivity index (χ0v) is 14.1. The molecule has 1 amide bonds. The van der Waals surface area contributed by atoms with Gasteiger partial charge in [-0.1, -0.05) is 6.58 Å². The van der Waals surface area contributed by atoms with Crippen molar-refractivity contribution in [3.05, 3.63) is 48.6 Å². The summed E-state index contributed by atoms with van der Waals surface area (Å²) in [7, 11) is 0. The van der Waals surface area contributed by atoms with Gasteiger partial charge in [0.05, 0.1) is 19.3 Å². The zero-order valence-electron chi connectivity index (χ0n) is 14.1. The molecular formula is C18H19N5O2. The molecule has 2 heterocycles. The van der Waals surface area contributed by atoms with E-state index in [-0.39, 0.29) is 5.91 Å². The highest BCUT2D eigenvalue weighted by Crippen LogP contribution is 2.40. The summed E-state index contributed by atoms with van der Waals surface area (Å²) in [5.41, 5.74) is 2.96. The van der Waals surface area contributed by atoms with Gasteiger partial charge in [0.15, 0.2) is 11.5 Å². The molecule has 7 nitrogen and oxygen atoms in total. The fraction of sp³-hybridized carbons (Fsp3) is 0.333. The van der Waals surface area contributed by atoms with E-state index in [0.717, 1.165) is 41.2 Å². The molecule has 1 aromatic carbocycles. The highest BCUT2D eigenvalue weighted by Gasteiger charge is 2.29. The summed E-state index contributed by atoms with van der Waals surface area (Å²) in [5.74, 6) is 1.04. The number of hydrogen-bond donors (Lipinski definition) is 0. The second kappa shape index (κ2) is 6.16. The van der Waals surface area contributed by atoms with E-state index in [9.17, 15) is 4.79 Å². The molecule has 0 unspecified atom stereocenters. The van der Waals surface area contributed by atoms with E-state index in [1.165, 1.54) is 6.08 Å². The van der Waals surface area contributed by atoms with Gasteiger partial charge >= 0.3 is 0 Å². The van der Waals surface area contributed by atoms with Crippen molar-refractivity contribution in [2.75, 3.05) is 4.90 Å². The Balaban J connectivity index is 1.66. The predicted molar refractivity (Wildman–Crippen MR) is 93.1 cm³/mol. The Labute approximate surface area is 144 Å². The maximum Gasteiger partial charge on any atom is 0.250 e.